The number of nitrogens with zero attached hydrogens (tertiary/aromatic N) is 3. The number of carboxylic acid groups (broad SMARTS) is 1. The minimum atomic E-state index is -0.771. The van der Waals surface area contributed by atoms with Gasteiger partial charge in [0.1, 0.15) is 5.82 Å². The Balaban J connectivity index is 1.77. The SMILES string of the molecule is Cc1nc(CCC(=O)O)cc([C@H]2CCCN2C2CCCCC2)n1. The molecule has 2 aliphatic rings. The summed E-state index contributed by atoms with van der Waals surface area (Å²) in [5.41, 5.74) is 1.96. The van der Waals surface area contributed by atoms with Crippen molar-refractivity contribution in [2.45, 2.75) is 76.8 Å². The van der Waals surface area contributed by atoms with Crippen LogP contribution >= 0.6 is 0 Å². The van der Waals surface area contributed by atoms with E-state index in [-0.39, 0.29) is 6.42 Å². The second kappa shape index (κ2) is 7.39. The average Bonchev–Trinajstić information content (AvgIpc) is 3.03. The normalized spacial score (nSPS) is 23.3. The van der Waals surface area contributed by atoms with Gasteiger partial charge >= 0.3 is 5.97 Å². The summed E-state index contributed by atoms with van der Waals surface area (Å²) in [4.78, 5) is 22.6. The van der Waals surface area contributed by atoms with E-state index in [1.165, 1.54) is 45.1 Å². The van der Waals surface area contributed by atoms with Gasteiger partial charge in [0.15, 0.2) is 0 Å². The Hall–Kier alpha value is -1.49. The second-order valence-corrected chi connectivity index (χ2v) is 6.91. The lowest BCUT2D eigenvalue weighted by molar-refractivity contribution is -0.136. The number of aryl methyl sites for hydroxylation is 2. The molecule has 0 bridgehead atoms. The van der Waals surface area contributed by atoms with Gasteiger partial charge in [-0.2, -0.15) is 0 Å². The van der Waals surface area contributed by atoms with Crippen molar-refractivity contribution in [3.05, 3.63) is 23.3 Å². The van der Waals surface area contributed by atoms with Gasteiger partial charge in [-0.1, -0.05) is 19.3 Å². The van der Waals surface area contributed by atoms with Crippen molar-refractivity contribution in [1.82, 2.24) is 14.9 Å². The van der Waals surface area contributed by atoms with Gasteiger partial charge in [0.2, 0.25) is 0 Å². The van der Waals surface area contributed by atoms with Crippen molar-refractivity contribution >= 4 is 5.97 Å². The maximum atomic E-state index is 10.8. The minimum Gasteiger partial charge on any atom is -0.481 e. The zero-order valence-electron chi connectivity index (χ0n) is 14.0. The quantitative estimate of drug-likeness (QED) is 0.903. The molecule has 1 N–H and O–H groups in total. The highest BCUT2D eigenvalue weighted by Crippen LogP contribution is 2.37. The molecule has 2 heterocycles. The van der Waals surface area contributed by atoms with Gasteiger partial charge in [-0.05, 0) is 45.2 Å². The summed E-state index contributed by atoms with van der Waals surface area (Å²) in [5.74, 6) is -0.00843. The van der Waals surface area contributed by atoms with Gasteiger partial charge in [0, 0.05) is 18.2 Å². The van der Waals surface area contributed by atoms with Crippen LogP contribution in [-0.2, 0) is 11.2 Å². The van der Waals surface area contributed by atoms with Crippen LogP contribution in [0.2, 0.25) is 0 Å². The van der Waals surface area contributed by atoms with Crippen molar-refractivity contribution in [3.8, 4) is 0 Å². The predicted octanol–water partition coefficient (Wildman–Crippen LogP) is 3.27. The molecule has 0 radical (unpaired) electrons. The number of carbonyl (C=O) groups is 1. The van der Waals surface area contributed by atoms with Crippen LogP contribution in [-0.4, -0.2) is 38.5 Å². The van der Waals surface area contributed by atoms with Crippen LogP contribution in [0.25, 0.3) is 0 Å². The van der Waals surface area contributed by atoms with Gasteiger partial charge in [0.25, 0.3) is 0 Å². The summed E-state index contributed by atoms with van der Waals surface area (Å²) in [6.07, 6.45) is 9.70. The fraction of sp³-hybridized carbons (Fsp3) is 0.722. The van der Waals surface area contributed by atoms with Gasteiger partial charge in [0.05, 0.1) is 18.2 Å². The molecule has 23 heavy (non-hydrogen) atoms. The Labute approximate surface area is 138 Å². The van der Waals surface area contributed by atoms with E-state index in [4.69, 9.17) is 5.11 Å². The summed E-state index contributed by atoms with van der Waals surface area (Å²) >= 11 is 0. The molecule has 5 heteroatoms. The van der Waals surface area contributed by atoms with Crippen LogP contribution in [0.1, 0.15) is 74.6 Å². The lowest BCUT2D eigenvalue weighted by atomic mass is 9.93. The predicted molar refractivity (Wildman–Crippen MR) is 88.3 cm³/mol. The molecular formula is C18H27N3O2. The van der Waals surface area contributed by atoms with Crippen LogP contribution < -0.4 is 0 Å². The molecule has 1 saturated carbocycles. The molecule has 3 rings (SSSR count). The Morgan fingerprint density at radius 1 is 1.22 bits per heavy atom. The van der Waals surface area contributed by atoms with E-state index in [1.807, 2.05) is 13.0 Å². The molecule has 0 aromatic carbocycles. The Morgan fingerprint density at radius 2 is 2.00 bits per heavy atom. The zero-order chi connectivity index (χ0) is 16.2. The minimum absolute atomic E-state index is 0.132. The molecule has 1 atom stereocenters. The van der Waals surface area contributed by atoms with E-state index in [0.717, 1.165) is 23.6 Å². The number of hydrogen-bond donors (Lipinski definition) is 1. The highest BCUT2D eigenvalue weighted by atomic mass is 16.4. The maximum absolute atomic E-state index is 10.8. The number of carboxylic acids is 1. The van der Waals surface area contributed by atoms with E-state index in [0.29, 0.717) is 18.5 Å². The summed E-state index contributed by atoms with van der Waals surface area (Å²) in [6, 6.07) is 3.14. The van der Waals surface area contributed by atoms with Crippen LogP contribution in [0.5, 0.6) is 0 Å². The maximum Gasteiger partial charge on any atom is 0.303 e. The van der Waals surface area contributed by atoms with Gasteiger partial charge < -0.3 is 5.11 Å². The lowest BCUT2D eigenvalue weighted by Crippen LogP contribution is -2.36. The van der Waals surface area contributed by atoms with E-state index in [1.54, 1.807) is 0 Å². The largest absolute Gasteiger partial charge is 0.481 e. The lowest BCUT2D eigenvalue weighted by Gasteiger charge is -2.35. The molecule has 2 fully saturated rings. The molecule has 1 aliphatic heterocycles. The van der Waals surface area contributed by atoms with Crippen LogP contribution in [0.4, 0.5) is 0 Å². The molecule has 0 unspecified atom stereocenters. The smallest absolute Gasteiger partial charge is 0.303 e. The summed E-state index contributed by atoms with van der Waals surface area (Å²) in [5, 5.41) is 8.89. The molecule has 1 aromatic rings. The third kappa shape index (κ3) is 4.08. The number of hydrogen-bond acceptors (Lipinski definition) is 4. The molecule has 1 aliphatic carbocycles. The summed E-state index contributed by atoms with van der Waals surface area (Å²) < 4.78 is 0. The Bertz CT molecular complexity index is 555. The summed E-state index contributed by atoms with van der Waals surface area (Å²) in [6.45, 7) is 3.08. The zero-order valence-corrected chi connectivity index (χ0v) is 14.0. The standard InChI is InChI=1S/C18H27N3O2/c1-13-19-14(9-10-18(22)23)12-16(20-13)17-8-5-11-21(17)15-6-3-2-4-7-15/h12,15,17H,2-11H2,1H3,(H,22,23)/t17-/m1/s1. The first-order valence-corrected chi connectivity index (χ1v) is 8.95. The number of likely N-dealkylation sites (tertiary alicyclic amines) is 1. The third-order valence-electron chi connectivity index (χ3n) is 5.19. The topological polar surface area (TPSA) is 66.3 Å². The van der Waals surface area contributed by atoms with E-state index < -0.39 is 5.97 Å². The molecule has 1 saturated heterocycles. The fourth-order valence-electron chi connectivity index (χ4n) is 4.15. The van der Waals surface area contributed by atoms with Gasteiger partial charge in [-0.25, -0.2) is 9.97 Å². The number of rotatable bonds is 5. The van der Waals surface area contributed by atoms with E-state index in [9.17, 15) is 4.79 Å². The highest BCUT2D eigenvalue weighted by molar-refractivity contribution is 5.66. The average molecular weight is 317 g/mol. The molecule has 126 valence electrons. The summed E-state index contributed by atoms with van der Waals surface area (Å²) in [7, 11) is 0. The monoisotopic (exact) mass is 317 g/mol. The molecule has 0 amide bonds. The molecular weight excluding hydrogens is 290 g/mol. The third-order valence-corrected chi connectivity index (χ3v) is 5.19. The first kappa shape index (κ1) is 16.4. The van der Waals surface area contributed by atoms with Crippen molar-refractivity contribution in [2.24, 2.45) is 0 Å². The number of aromatic nitrogens is 2. The highest BCUT2D eigenvalue weighted by Gasteiger charge is 2.33. The van der Waals surface area contributed by atoms with Crippen LogP contribution in [0, 0.1) is 6.92 Å². The Kier molecular flexibility index (Phi) is 5.26. The molecule has 1 aromatic heterocycles. The Morgan fingerprint density at radius 3 is 2.74 bits per heavy atom. The second-order valence-electron chi connectivity index (χ2n) is 6.91. The first-order valence-electron chi connectivity index (χ1n) is 8.95. The van der Waals surface area contributed by atoms with Crippen molar-refractivity contribution < 1.29 is 9.90 Å². The van der Waals surface area contributed by atoms with Gasteiger partial charge in [-0.15, -0.1) is 0 Å². The van der Waals surface area contributed by atoms with Gasteiger partial charge in [-0.3, -0.25) is 9.69 Å². The van der Waals surface area contributed by atoms with Crippen LogP contribution in [0.15, 0.2) is 6.07 Å². The van der Waals surface area contributed by atoms with Crippen molar-refractivity contribution in [1.29, 1.82) is 0 Å². The molecule has 0 spiro atoms. The number of aliphatic carboxylic acids is 1. The van der Waals surface area contributed by atoms with Crippen LogP contribution in [0.3, 0.4) is 0 Å². The molecule has 5 nitrogen and oxygen atoms in total. The van der Waals surface area contributed by atoms with E-state index >= 15 is 0 Å². The first-order chi connectivity index (χ1) is 11.1. The van der Waals surface area contributed by atoms with Crippen molar-refractivity contribution in [2.75, 3.05) is 6.54 Å². The van der Waals surface area contributed by atoms with Crippen molar-refractivity contribution in [3.63, 3.8) is 0 Å². The fourth-order valence-corrected chi connectivity index (χ4v) is 4.15. The van der Waals surface area contributed by atoms with E-state index in [2.05, 4.69) is 14.9 Å².